The molecule has 0 atom stereocenters. The third-order valence-corrected chi connectivity index (χ3v) is 2.11. The molecule has 0 bridgehead atoms. The van der Waals surface area contributed by atoms with Crippen LogP contribution in [-0.4, -0.2) is 41.0 Å². The Hall–Kier alpha value is -1.85. The summed E-state index contributed by atoms with van der Waals surface area (Å²) in [7, 11) is 0. The zero-order valence-corrected chi connectivity index (χ0v) is 8.93. The van der Waals surface area contributed by atoms with E-state index in [1.54, 1.807) is 6.92 Å². The van der Waals surface area contributed by atoms with Crippen LogP contribution in [-0.2, 0) is 19.1 Å². The van der Waals surface area contributed by atoms with Gasteiger partial charge in [0.25, 0.3) is 0 Å². The zero-order valence-electron chi connectivity index (χ0n) is 8.93. The molecule has 88 valence electrons. The van der Waals surface area contributed by atoms with Crippen LogP contribution in [0.2, 0.25) is 0 Å². The first-order valence-corrected chi connectivity index (χ1v) is 4.98. The number of likely N-dealkylation sites (tertiary alicyclic amines) is 1. The van der Waals surface area contributed by atoms with Gasteiger partial charge in [0.05, 0.1) is 12.7 Å². The van der Waals surface area contributed by atoms with Gasteiger partial charge in [-0.25, -0.2) is 9.59 Å². The van der Waals surface area contributed by atoms with Crippen LogP contribution in [0.25, 0.3) is 0 Å². The Bertz CT molecular complexity index is 347. The third-order valence-electron chi connectivity index (χ3n) is 2.11. The monoisotopic (exact) mass is 227 g/mol. The Morgan fingerprint density at radius 1 is 1.56 bits per heavy atom. The predicted octanol–water partition coefficient (Wildman–Crippen LogP) is 0.140. The van der Waals surface area contributed by atoms with Crippen LogP contribution in [0.4, 0.5) is 0 Å². The fourth-order valence-electron chi connectivity index (χ4n) is 1.47. The van der Waals surface area contributed by atoms with Crippen molar-refractivity contribution in [2.24, 2.45) is 0 Å². The average molecular weight is 227 g/mol. The van der Waals surface area contributed by atoms with Crippen LogP contribution < -0.4 is 0 Å². The summed E-state index contributed by atoms with van der Waals surface area (Å²) in [5.74, 6) is -2.30. The van der Waals surface area contributed by atoms with Crippen molar-refractivity contribution in [2.75, 3.05) is 13.2 Å². The standard InChI is InChI=1S/C10H13NO5/c1-2-16-10(15)7(6-9(13)14)11-5-3-4-8(11)12/h6H,2-5H2,1H3,(H,13,14)/b7-6+. The number of rotatable bonds is 4. The van der Waals surface area contributed by atoms with Gasteiger partial charge in [-0.1, -0.05) is 0 Å². The molecule has 0 aromatic carbocycles. The van der Waals surface area contributed by atoms with Gasteiger partial charge in [0.2, 0.25) is 5.91 Å². The van der Waals surface area contributed by atoms with Crippen LogP contribution >= 0.6 is 0 Å². The van der Waals surface area contributed by atoms with E-state index in [4.69, 9.17) is 9.84 Å². The lowest BCUT2D eigenvalue weighted by Gasteiger charge is -2.17. The summed E-state index contributed by atoms with van der Waals surface area (Å²) in [5, 5.41) is 8.63. The molecule has 6 heteroatoms. The molecule has 16 heavy (non-hydrogen) atoms. The number of ether oxygens (including phenoxy) is 1. The number of carbonyl (C=O) groups excluding carboxylic acids is 2. The van der Waals surface area contributed by atoms with Crippen LogP contribution in [0.1, 0.15) is 19.8 Å². The number of carboxylic acids is 1. The summed E-state index contributed by atoms with van der Waals surface area (Å²) in [6.45, 7) is 2.11. The summed E-state index contributed by atoms with van der Waals surface area (Å²) in [6.07, 6.45) is 1.66. The molecule has 0 aromatic rings. The summed E-state index contributed by atoms with van der Waals surface area (Å²) in [6, 6.07) is 0. The summed E-state index contributed by atoms with van der Waals surface area (Å²) >= 11 is 0. The molecule has 0 unspecified atom stereocenters. The number of carbonyl (C=O) groups is 3. The highest BCUT2D eigenvalue weighted by atomic mass is 16.5. The van der Waals surface area contributed by atoms with Crippen molar-refractivity contribution < 1.29 is 24.2 Å². The van der Waals surface area contributed by atoms with Crippen LogP contribution in [0.5, 0.6) is 0 Å². The van der Waals surface area contributed by atoms with Gasteiger partial charge in [-0.15, -0.1) is 0 Å². The van der Waals surface area contributed by atoms with E-state index >= 15 is 0 Å². The number of nitrogens with zero attached hydrogens (tertiary/aromatic N) is 1. The third kappa shape index (κ3) is 2.82. The SMILES string of the molecule is CCOC(=O)/C(=C\C(=O)O)N1CCCC1=O. The molecule has 1 saturated heterocycles. The summed E-state index contributed by atoms with van der Waals surface area (Å²) < 4.78 is 4.70. The molecule has 0 aliphatic carbocycles. The first kappa shape index (κ1) is 12.2. The van der Waals surface area contributed by atoms with Crippen LogP contribution in [0.15, 0.2) is 11.8 Å². The van der Waals surface area contributed by atoms with E-state index in [-0.39, 0.29) is 18.2 Å². The Kier molecular flexibility index (Phi) is 4.04. The molecule has 1 amide bonds. The molecule has 0 spiro atoms. The summed E-state index contributed by atoms with van der Waals surface area (Å²) in [4.78, 5) is 34.6. The Morgan fingerprint density at radius 2 is 2.25 bits per heavy atom. The Morgan fingerprint density at radius 3 is 2.69 bits per heavy atom. The first-order chi connectivity index (χ1) is 7.56. The smallest absolute Gasteiger partial charge is 0.355 e. The van der Waals surface area contributed by atoms with Crippen molar-refractivity contribution in [3.8, 4) is 0 Å². The highest BCUT2D eigenvalue weighted by Crippen LogP contribution is 2.17. The maximum absolute atomic E-state index is 11.5. The molecule has 6 nitrogen and oxygen atoms in total. The van der Waals surface area contributed by atoms with E-state index in [0.29, 0.717) is 25.5 Å². The molecular formula is C10H13NO5. The number of esters is 1. The van der Waals surface area contributed by atoms with Gasteiger partial charge in [-0.2, -0.15) is 0 Å². The van der Waals surface area contributed by atoms with E-state index in [0.717, 1.165) is 4.90 Å². The fourth-order valence-corrected chi connectivity index (χ4v) is 1.47. The number of amides is 1. The highest BCUT2D eigenvalue weighted by molar-refractivity contribution is 5.99. The average Bonchev–Trinajstić information content (AvgIpc) is 2.61. The van der Waals surface area contributed by atoms with E-state index in [1.807, 2.05) is 0 Å². The second-order valence-electron chi connectivity index (χ2n) is 3.24. The normalized spacial score (nSPS) is 16.4. The topological polar surface area (TPSA) is 83.9 Å². The van der Waals surface area contributed by atoms with E-state index in [1.165, 1.54) is 0 Å². The largest absolute Gasteiger partial charge is 0.478 e. The lowest BCUT2D eigenvalue weighted by molar-refractivity contribution is -0.143. The van der Waals surface area contributed by atoms with Crippen molar-refractivity contribution in [3.63, 3.8) is 0 Å². The van der Waals surface area contributed by atoms with Gasteiger partial charge in [0, 0.05) is 13.0 Å². The summed E-state index contributed by atoms with van der Waals surface area (Å²) in [5.41, 5.74) is -0.197. The van der Waals surface area contributed by atoms with Gasteiger partial charge in [0.15, 0.2) is 0 Å². The molecular weight excluding hydrogens is 214 g/mol. The highest BCUT2D eigenvalue weighted by Gasteiger charge is 2.29. The van der Waals surface area contributed by atoms with Gasteiger partial charge in [-0.05, 0) is 13.3 Å². The molecule has 0 radical (unpaired) electrons. The minimum atomic E-state index is -1.28. The molecule has 0 saturated carbocycles. The number of aliphatic carboxylic acids is 1. The van der Waals surface area contributed by atoms with Crippen molar-refractivity contribution >= 4 is 17.8 Å². The van der Waals surface area contributed by atoms with Gasteiger partial charge >= 0.3 is 11.9 Å². The van der Waals surface area contributed by atoms with E-state index < -0.39 is 11.9 Å². The Balaban J connectivity index is 2.91. The molecule has 1 N–H and O–H groups in total. The lowest BCUT2D eigenvalue weighted by atomic mass is 10.3. The van der Waals surface area contributed by atoms with Gasteiger partial charge < -0.3 is 14.7 Å². The molecule has 1 heterocycles. The zero-order chi connectivity index (χ0) is 12.1. The van der Waals surface area contributed by atoms with Crippen molar-refractivity contribution in [1.29, 1.82) is 0 Å². The minimum absolute atomic E-state index is 0.137. The lowest BCUT2D eigenvalue weighted by Crippen LogP contribution is -2.30. The second kappa shape index (κ2) is 5.29. The predicted molar refractivity (Wildman–Crippen MR) is 53.3 cm³/mol. The molecule has 0 aromatic heterocycles. The maximum atomic E-state index is 11.5. The van der Waals surface area contributed by atoms with Crippen molar-refractivity contribution in [3.05, 3.63) is 11.8 Å². The maximum Gasteiger partial charge on any atom is 0.355 e. The molecule has 1 aliphatic rings. The minimum Gasteiger partial charge on any atom is -0.478 e. The number of hydrogen-bond donors (Lipinski definition) is 1. The van der Waals surface area contributed by atoms with E-state index in [9.17, 15) is 14.4 Å². The Labute approximate surface area is 92.5 Å². The van der Waals surface area contributed by atoms with Crippen LogP contribution in [0, 0.1) is 0 Å². The number of hydrogen-bond acceptors (Lipinski definition) is 4. The molecule has 1 fully saturated rings. The van der Waals surface area contributed by atoms with Gasteiger partial charge in [-0.3, -0.25) is 4.79 Å². The quantitative estimate of drug-likeness (QED) is 0.545. The van der Waals surface area contributed by atoms with Crippen LogP contribution in [0.3, 0.4) is 0 Å². The van der Waals surface area contributed by atoms with Crippen molar-refractivity contribution in [1.82, 2.24) is 4.90 Å². The fraction of sp³-hybridized carbons (Fsp3) is 0.500. The van der Waals surface area contributed by atoms with E-state index in [2.05, 4.69) is 0 Å². The molecule has 1 rings (SSSR count). The van der Waals surface area contributed by atoms with Gasteiger partial charge in [0.1, 0.15) is 5.70 Å². The number of carboxylic acid groups (broad SMARTS) is 1. The first-order valence-electron chi connectivity index (χ1n) is 4.98. The van der Waals surface area contributed by atoms with Crippen molar-refractivity contribution in [2.45, 2.75) is 19.8 Å². The second-order valence-corrected chi connectivity index (χ2v) is 3.24. The molecule has 1 aliphatic heterocycles.